The van der Waals surface area contributed by atoms with Gasteiger partial charge in [-0.25, -0.2) is 4.98 Å². The number of carbonyl (C=O) groups is 1. The minimum Gasteiger partial charge on any atom is -0.471 e. The molecule has 22 heavy (non-hydrogen) atoms. The lowest BCUT2D eigenvalue weighted by molar-refractivity contribution is -0.139. The van der Waals surface area contributed by atoms with Crippen molar-refractivity contribution in [1.82, 2.24) is 19.8 Å². The Morgan fingerprint density at radius 1 is 1.23 bits per heavy atom. The van der Waals surface area contributed by atoms with Crippen LogP contribution in [0.4, 0.5) is 0 Å². The number of amides is 1. The van der Waals surface area contributed by atoms with Crippen molar-refractivity contribution in [2.24, 2.45) is 5.92 Å². The molecule has 2 fully saturated rings. The number of ether oxygens (including phenoxy) is 1. The van der Waals surface area contributed by atoms with Gasteiger partial charge in [0.2, 0.25) is 11.8 Å². The first-order valence-corrected chi connectivity index (χ1v) is 8.12. The van der Waals surface area contributed by atoms with Crippen LogP contribution in [0.2, 0.25) is 0 Å². The molecule has 6 heteroatoms. The van der Waals surface area contributed by atoms with E-state index >= 15 is 0 Å². The number of nitrogens with zero attached hydrogens (tertiary/aromatic N) is 4. The number of aromatic nitrogens is 2. The molecule has 0 saturated carbocycles. The fourth-order valence-electron chi connectivity index (χ4n) is 3.38. The second-order valence-corrected chi connectivity index (χ2v) is 6.31. The van der Waals surface area contributed by atoms with Crippen LogP contribution < -0.4 is 4.74 Å². The van der Waals surface area contributed by atoms with Crippen LogP contribution in [0.3, 0.4) is 0 Å². The van der Waals surface area contributed by atoms with Crippen molar-refractivity contribution >= 4 is 5.91 Å². The molecule has 0 spiro atoms. The van der Waals surface area contributed by atoms with Gasteiger partial charge in [-0.05, 0) is 39.3 Å². The maximum Gasteiger partial charge on any atom is 0.232 e. The van der Waals surface area contributed by atoms with Gasteiger partial charge < -0.3 is 14.5 Å². The minimum absolute atomic E-state index is 0.0238. The van der Waals surface area contributed by atoms with E-state index in [0.717, 1.165) is 45.3 Å². The summed E-state index contributed by atoms with van der Waals surface area (Å²) in [5, 5.41) is 0. The highest BCUT2D eigenvalue weighted by Gasteiger charge is 2.31. The zero-order valence-electron chi connectivity index (χ0n) is 13.1. The minimum atomic E-state index is 0.0238. The van der Waals surface area contributed by atoms with E-state index in [0.29, 0.717) is 18.3 Å². The first-order chi connectivity index (χ1) is 10.7. The highest BCUT2D eigenvalue weighted by Crippen LogP contribution is 2.22. The van der Waals surface area contributed by atoms with Crippen LogP contribution in [0.15, 0.2) is 18.6 Å². The lowest BCUT2D eigenvalue weighted by atomic mass is 9.95. The Hall–Kier alpha value is -1.69. The molecule has 0 aromatic carbocycles. The van der Waals surface area contributed by atoms with E-state index in [1.807, 2.05) is 4.90 Å². The van der Waals surface area contributed by atoms with Gasteiger partial charge in [-0.15, -0.1) is 0 Å². The first-order valence-electron chi connectivity index (χ1n) is 8.12. The number of likely N-dealkylation sites (tertiary alicyclic amines) is 2. The van der Waals surface area contributed by atoms with E-state index in [2.05, 4.69) is 21.9 Å². The van der Waals surface area contributed by atoms with Gasteiger partial charge in [-0.2, -0.15) is 0 Å². The molecule has 0 N–H and O–H groups in total. The Labute approximate surface area is 131 Å². The molecule has 2 aliphatic rings. The SMILES string of the molecule is CN1CCCC(C(=O)N2CCCC(Oc3cnccn3)C2)C1. The summed E-state index contributed by atoms with van der Waals surface area (Å²) in [6, 6.07) is 0. The molecular formula is C16H24N4O2. The third-order valence-corrected chi connectivity index (χ3v) is 4.49. The predicted molar refractivity (Wildman–Crippen MR) is 82.5 cm³/mol. The average Bonchev–Trinajstić information content (AvgIpc) is 2.55. The maximum atomic E-state index is 12.7. The van der Waals surface area contributed by atoms with Crippen molar-refractivity contribution in [2.45, 2.75) is 31.8 Å². The van der Waals surface area contributed by atoms with E-state index in [1.165, 1.54) is 0 Å². The molecule has 0 bridgehead atoms. The van der Waals surface area contributed by atoms with Crippen LogP contribution in [0.25, 0.3) is 0 Å². The number of hydrogen-bond donors (Lipinski definition) is 0. The smallest absolute Gasteiger partial charge is 0.232 e. The van der Waals surface area contributed by atoms with Crippen LogP contribution in [0.5, 0.6) is 5.88 Å². The molecule has 120 valence electrons. The zero-order chi connectivity index (χ0) is 15.4. The van der Waals surface area contributed by atoms with Crippen molar-refractivity contribution in [2.75, 3.05) is 33.2 Å². The van der Waals surface area contributed by atoms with Crippen molar-refractivity contribution in [3.63, 3.8) is 0 Å². The van der Waals surface area contributed by atoms with Gasteiger partial charge in [0.1, 0.15) is 6.10 Å². The van der Waals surface area contributed by atoms with E-state index < -0.39 is 0 Å². The lowest BCUT2D eigenvalue weighted by Crippen LogP contribution is -2.49. The van der Waals surface area contributed by atoms with Gasteiger partial charge in [0.25, 0.3) is 0 Å². The predicted octanol–water partition coefficient (Wildman–Crippen LogP) is 1.19. The molecule has 2 atom stereocenters. The molecule has 0 aliphatic carbocycles. The maximum absolute atomic E-state index is 12.7. The van der Waals surface area contributed by atoms with Crippen LogP contribution in [-0.4, -0.2) is 65.0 Å². The van der Waals surface area contributed by atoms with Crippen molar-refractivity contribution in [1.29, 1.82) is 0 Å². The van der Waals surface area contributed by atoms with E-state index in [9.17, 15) is 4.79 Å². The molecule has 1 amide bonds. The summed E-state index contributed by atoms with van der Waals surface area (Å²) in [6.45, 7) is 3.49. The quantitative estimate of drug-likeness (QED) is 0.839. The highest BCUT2D eigenvalue weighted by atomic mass is 16.5. The number of rotatable bonds is 3. The summed E-state index contributed by atoms with van der Waals surface area (Å²) in [5.74, 6) is 0.979. The zero-order valence-corrected chi connectivity index (χ0v) is 13.1. The highest BCUT2D eigenvalue weighted by molar-refractivity contribution is 5.79. The molecule has 2 aliphatic heterocycles. The number of piperidine rings is 2. The Balaban J connectivity index is 1.57. The molecular weight excluding hydrogens is 280 g/mol. The Bertz CT molecular complexity index is 496. The largest absolute Gasteiger partial charge is 0.471 e. The summed E-state index contributed by atoms with van der Waals surface area (Å²) in [7, 11) is 2.09. The second-order valence-electron chi connectivity index (χ2n) is 6.31. The molecule has 1 aromatic rings. The Morgan fingerprint density at radius 2 is 2.09 bits per heavy atom. The summed E-state index contributed by atoms with van der Waals surface area (Å²) in [6.07, 6.45) is 8.97. The average molecular weight is 304 g/mol. The molecule has 2 saturated heterocycles. The number of hydrogen-bond acceptors (Lipinski definition) is 5. The normalized spacial score (nSPS) is 26.7. The molecule has 1 aromatic heterocycles. The van der Waals surface area contributed by atoms with Crippen LogP contribution >= 0.6 is 0 Å². The van der Waals surface area contributed by atoms with Gasteiger partial charge in [0, 0.05) is 25.5 Å². The first kappa shape index (κ1) is 15.2. The van der Waals surface area contributed by atoms with Crippen molar-refractivity contribution in [3.05, 3.63) is 18.6 Å². The third kappa shape index (κ3) is 3.74. The number of carbonyl (C=O) groups excluding carboxylic acids is 1. The van der Waals surface area contributed by atoms with Crippen molar-refractivity contribution in [3.8, 4) is 5.88 Å². The monoisotopic (exact) mass is 304 g/mol. The summed E-state index contributed by atoms with van der Waals surface area (Å²) >= 11 is 0. The van der Waals surface area contributed by atoms with E-state index in [-0.39, 0.29) is 12.0 Å². The third-order valence-electron chi connectivity index (χ3n) is 4.49. The standard InChI is InChI=1S/C16H24N4O2/c1-19-8-2-4-13(11-19)16(21)20-9-3-5-14(12-20)22-15-10-17-6-7-18-15/h6-7,10,13-14H,2-5,8-9,11-12H2,1H3. The molecule has 0 radical (unpaired) electrons. The van der Waals surface area contributed by atoms with Crippen molar-refractivity contribution < 1.29 is 9.53 Å². The fourth-order valence-corrected chi connectivity index (χ4v) is 3.38. The van der Waals surface area contributed by atoms with Crippen LogP contribution in [0, 0.1) is 5.92 Å². The topological polar surface area (TPSA) is 58.6 Å². The Morgan fingerprint density at radius 3 is 2.86 bits per heavy atom. The van der Waals surface area contributed by atoms with E-state index in [4.69, 9.17) is 4.74 Å². The van der Waals surface area contributed by atoms with Gasteiger partial charge in [-0.1, -0.05) is 0 Å². The Kier molecular flexibility index (Phi) is 4.87. The van der Waals surface area contributed by atoms with E-state index in [1.54, 1.807) is 18.6 Å². The summed E-state index contributed by atoms with van der Waals surface area (Å²) in [4.78, 5) is 25.1. The van der Waals surface area contributed by atoms with Crippen LogP contribution in [0.1, 0.15) is 25.7 Å². The van der Waals surface area contributed by atoms with Gasteiger partial charge in [0.15, 0.2) is 0 Å². The molecule has 3 heterocycles. The van der Waals surface area contributed by atoms with Gasteiger partial charge in [-0.3, -0.25) is 9.78 Å². The summed E-state index contributed by atoms with van der Waals surface area (Å²) in [5.41, 5.74) is 0. The summed E-state index contributed by atoms with van der Waals surface area (Å²) < 4.78 is 5.87. The van der Waals surface area contributed by atoms with Gasteiger partial charge in [0.05, 0.1) is 18.7 Å². The van der Waals surface area contributed by atoms with Gasteiger partial charge >= 0.3 is 0 Å². The van der Waals surface area contributed by atoms with Crippen LogP contribution in [-0.2, 0) is 4.79 Å². The second kappa shape index (κ2) is 7.05. The lowest BCUT2D eigenvalue weighted by Gasteiger charge is -2.37. The molecule has 6 nitrogen and oxygen atoms in total. The molecule has 2 unspecified atom stereocenters. The molecule has 3 rings (SSSR count). The fraction of sp³-hybridized carbons (Fsp3) is 0.688.